The first-order valence-corrected chi connectivity index (χ1v) is 12.5. The number of sulfone groups is 1. The topological polar surface area (TPSA) is 124 Å². The molecule has 1 saturated heterocycles. The number of aryl methyl sites for hydroxylation is 3. The van der Waals surface area contributed by atoms with E-state index in [1.54, 1.807) is 15.3 Å². The van der Waals surface area contributed by atoms with Gasteiger partial charge in [-0.05, 0) is 33.4 Å². The number of anilines is 1. The normalized spacial score (nSPS) is 18.2. The zero-order valence-corrected chi connectivity index (χ0v) is 18.8. The Morgan fingerprint density at radius 1 is 1.27 bits per heavy atom. The smallest absolute Gasteiger partial charge is 0.253 e. The van der Waals surface area contributed by atoms with Crippen LogP contribution in [0.1, 0.15) is 35.1 Å². The standard InChI is InChI=1S/C18H23N7O3S2/c1-10-7-15(25(22-10)13-5-6-30(27,28)9-13)20-16(26)8-14-11(2)19-17-21-18(29-4)23-24(17)12(14)3/h7,13H,5-6,8-9H2,1-4H3,(H,20,26). The fraction of sp³-hybridized carbons (Fsp3) is 0.500. The van der Waals surface area contributed by atoms with Crippen LogP contribution in [0.5, 0.6) is 0 Å². The van der Waals surface area contributed by atoms with Crippen LogP contribution in [0.4, 0.5) is 5.82 Å². The third-order valence-electron chi connectivity index (χ3n) is 5.23. The van der Waals surface area contributed by atoms with Gasteiger partial charge in [-0.25, -0.2) is 22.6 Å². The first-order valence-electron chi connectivity index (χ1n) is 9.50. The SMILES string of the molecule is CSc1nc2nc(C)c(CC(=O)Nc3cc(C)nn3C3CCS(=O)(=O)C3)c(C)n2n1. The maximum absolute atomic E-state index is 12.8. The molecule has 4 heterocycles. The quantitative estimate of drug-likeness (QED) is 0.581. The highest BCUT2D eigenvalue weighted by Gasteiger charge is 2.31. The Labute approximate surface area is 178 Å². The van der Waals surface area contributed by atoms with Crippen molar-refractivity contribution < 1.29 is 13.2 Å². The Morgan fingerprint density at radius 2 is 2.03 bits per heavy atom. The maximum atomic E-state index is 12.8. The molecule has 0 radical (unpaired) electrons. The second-order valence-electron chi connectivity index (χ2n) is 7.47. The van der Waals surface area contributed by atoms with Crippen molar-refractivity contribution in [1.29, 1.82) is 0 Å². The van der Waals surface area contributed by atoms with Crippen LogP contribution >= 0.6 is 11.8 Å². The van der Waals surface area contributed by atoms with E-state index in [-0.39, 0.29) is 29.9 Å². The van der Waals surface area contributed by atoms with Crippen molar-refractivity contribution in [3.05, 3.63) is 28.7 Å². The third kappa shape index (κ3) is 3.93. The van der Waals surface area contributed by atoms with E-state index in [1.807, 2.05) is 27.0 Å². The van der Waals surface area contributed by atoms with Crippen LogP contribution < -0.4 is 5.32 Å². The van der Waals surface area contributed by atoms with E-state index in [2.05, 4.69) is 25.5 Å². The molecule has 1 atom stereocenters. The number of hydrogen-bond acceptors (Lipinski definition) is 8. The van der Waals surface area contributed by atoms with Gasteiger partial charge in [0.15, 0.2) is 9.84 Å². The molecule has 0 bridgehead atoms. The molecule has 1 aliphatic heterocycles. The van der Waals surface area contributed by atoms with Crippen molar-refractivity contribution >= 4 is 39.1 Å². The number of nitrogens with one attached hydrogen (secondary N) is 1. The molecule has 160 valence electrons. The predicted octanol–water partition coefficient (Wildman–Crippen LogP) is 1.51. The Hall–Kier alpha value is -2.47. The summed E-state index contributed by atoms with van der Waals surface area (Å²) in [5.41, 5.74) is 3.04. The van der Waals surface area contributed by atoms with E-state index in [4.69, 9.17) is 0 Å². The number of rotatable bonds is 5. The largest absolute Gasteiger partial charge is 0.311 e. The van der Waals surface area contributed by atoms with E-state index < -0.39 is 9.84 Å². The van der Waals surface area contributed by atoms with E-state index in [9.17, 15) is 13.2 Å². The van der Waals surface area contributed by atoms with Gasteiger partial charge in [-0.2, -0.15) is 10.1 Å². The molecule has 1 unspecified atom stereocenters. The number of thioether (sulfide) groups is 1. The number of fused-ring (bicyclic) bond motifs is 1. The van der Waals surface area contributed by atoms with Crippen LogP contribution in [-0.2, 0) is 21.1 Å². The molecule has 0 spiro atoms. The summed E-state index contributed by atoms with van der Waals surface area (Å²) in [5.74, 6) is 0.975. The monoisotopic (exact) mass is 449 g/mol. The highest BCUT2D eigenvalue weighted by molar-refractivity contribution is 7.98. The third-order valence-corrected chi connectivity index (χ3v) is 7.52. The summed E-state index contributed by atoms with van der Waals surface area (Å²) in [6, 6.07) is 1.49. The molecule has 4 rings (SSSR count). The van der Waals surface area contributed by atoms with Gasteiger partial charge in [0, 0.05) is 23.0 Å². The minimum absolute atomic E-state index is 0.0415. The maximum Gasteiger partial charge on any atom is 0.253 e. The van der Waals surface area contributed by atoms with Gasteiger partial charge in [0.1, 0.15) is 5.82 Å². The lowest BCUT2D eigenvalue weighted by atomic mass is 10.1. The second-order valence-corrected chi connectivity index (χ2v) is 10.5. The number of carbonyl (C=O) groups is 1. The van der Waals surface area contributed by atoms with Gasteiger partial charge in [-0.1, -0.05) is 11.8 Å². The van der Waals surface area contributed by atoms with Crippen molar-refractivity contribution in [2.45, 2.75) is 44.8 Å². The van der Waals surface area contributed by atoms with Gasteiger partial charge >= 0.3 is 0 Å². The molecule has 3 aromatic rings. The van der Waals surface area contributed by atoms with E-state index in [0.29, 0.717) is 23.2 Å². The number of aromatic nitrogens is 6. The lowest BCUT2D eigenvalue weighted by Gasteiger charge is -2.15. The Balaban J connectivity index is 1.58. The molecule has 1 N–H and O–H groups in total. The van der Waals surface area contributed by atoms with Crippen molar-refractivity contribution in [1.82, 2.24) is 29.4 Å². The van der Waals surface area contributed by atoms with Gasteiger partial charge in [0.25, 0.3) is 5.78 Å². The summed E-state index contributed by atoms with van der Waals surface area (Å²) in [6.45, 7) is 5.55. The number of carbonyl (C=O) groups excluding carboxylic acids is 1. The van der Waals surface area contributed by atoms with Crippen LogP contribution in [-0.4, -0.2) is 61.4 Å². The summed E-state index contributed by atoms with van der Waals surface area (Å²) in [5, 5.41) is 12.3. The Morgan fingerprint density at radius 3 is 2.70 bits per heavy atom. The van der Waals surface area contributed by atoms with Crippen LogP contribution in [0.25, 0.3) is 5.78 Å². The van der Waals surface area contributed by atoms with Crippen LogP contribution in [0, 0.1) is 20.8 Å². The molecule has 30 heavy (non-hydrogen) atoms. The molecule has 1 amide bonds. The molecule has 1 fully saturated rings. The second kappa shape index (κ2) is 7.65. The summed E-state index contributed by atoms with van der Waals surface area (Å²) in [4.78, 5) is 21.7. The molecular formula is C18H23N7O3S2. The zero-order valence-electron chi connectivity index (χ0n) is 17.2. The van der Waals surface area contributed by atoms with Crippen LogP contribution in [0.2, 0.25) is 0 Å². The van der Waals surface area contributed by atoms with Crippen molar-refractivity contribution in [3.63, 3.8) is 0 Å². The van der Waals surface area contributed by atoms with E-state index in [0.717, 1.165) is 22.6 Å². The lowest BCUT2D eigenvalue weighted by molar-refractivity contribution is -0.115. The predicted molar refractivity (Wildman–Crippen MR) is 114 cm³/mol. The Kier molecular flexibility index (Phi) is 5.30. The van der Waals surface area contributed by atoms with Crippen molar-refractivity contribution in [2.24, 2.45) is 0 Å². The summed E-state index contributed by atoms with van der Waals surface area (Å²) in [7, 11) is -3.06. The zero-order chi connectivity index (χ0) is 21.6. The van der Waals surface area contributed by atoms with E-state index in [1.165, 1.54) is 11.8 Å². The summed E-state index contributed by atoms with van der Waals surface area (Å²) < 4.78 is 27.0. The first kappa shape index (κ1) is 20.8. The van der Waals surface area contributed by atoms with Crippen LogP contribution in [0.15, 0.2) is 11.2 Å². The number of hydrogen-bond donors (Lipinski definition) is 1. The fourth-order valence-corrected chi connectivity index (χ4v) is 5.76. The molecule has 3 aromatic heterocycles. The molecule has 0 aromatic carbocycles. The first-order chi connectivity index (χ1) is 14.2. The highest BCUT2D eigenvalue weighted by Crippen LogP contribution is 2.27. The van der Waals surface area contributed by atoms with Gasteiger partial charge in [0.05, 0.1) is 29.7 Å². The van der Waals surface area contributed by atoms with Gasteiger partial charge in [-0.3, -0.25) is 4.79 Å². The average Bonchev–Trinajstić information content (AvgIpc) is 3.35. The van der Waals surface area contributed by atoms with Crippen LogP contribution in [0.3, 0.4) is 0 Å². The number of amides is 1. The molecule has 10 nitrogen and oxygen atoms in total. The Bertz CT molecular complexity index is 1250. The minimum Gasteiger partial charge on any atom is -0.311 e. The average molecular weight is 450 g/mol. The molecule has 0 aliphatic carbocycles. The lowest BCUT2D eigenvalue weighted by Crippen LogP contribution is -2.22. The minimum atomic E-state index is -3.06. The van der Waals surface area contributed by atoms with Crippen molar-refractivity contribution in [3.8, 4) is 0 Å². The van der Waals surface area contributed by atoms with Crippen molar-refractivity contribution in [2.75, 3.05) is 23.1 Å². The fourth-order valence-electron chi connectivity index (χ4n) is 3.74. The summed E-state index contributed by atoms with van der Waals surface area (Å²) in [6.07, 6.45) is 2.50. The molecule has 1 aliphatic rings. The van der Waals surface area contributed by atoms with Gasteiger partial charge in [0.2, 0.25) is 11.1 Å². The highest BCUT2D eigenvalue weighted by atomic mass is 32.2. The van der Waals surface area contributed by atoms with Gasteiger partial charge in [-0.15, -0.1) is 5.10 Å². The summed E-state index contributed by atoms with van der Waals surface area (Å²) >= 11 is 1.43. The molecule has 0 saturated carbocycles. The molecular weight excluding hydrogens is 426 g/mol. The van der Waals surface area contributed by atoms with E-state index >= 15 is 0 Å². The van der Waals surface area contributed by atoms with Gasteiger partial charge < -0.3 is 5.32 Å². The number of nitrogens with zero attached hydrogens (tertiary/aromatic N) is 6. The molecule has 12 heteroatoms.